The predicted molar refractivity (Wildman–Crippen MR) is 65.0 cm³/mol. The Morgan fingerprint density at radius 2 is 2.41 bits per heavy atom. The summed E-state index contributed by atoms with van der Waals surface area (Å²) in [5, 5.41) is 3.59. The van der Waals surface area contributed by atoms with Crippen molar-refractivity contribution in [2.75, 3.05) is 33.3 Å². The van der Waals surface area contributed by atoms with E-state index in [4.69, 9.17) is 9.15 Å². The summed E-state index contributed by atoms with van der Waals surface area (Å²) in [6, 6.07) is 2.38. The third-order valence-corrected chi connectivity index (χ3v) is 3.90. The number of hydrogen-bond donors (Lipinski definition) is 1. The Balaban J connectivity index is 1.90. The van der Waals surface area contributed by atoms with E-state index >= 15 is 0 Å². The summed E-state index contributed by atoms with van der Waals surface area (Å²) in [4.78, 5) is 2.34. The number of hydrogen-bond acceptors (Lipinski definition) is 4. The molecule has 0 aliphatic carbocycles. The molecule has 2 unspecified atom stereocenters. The van der Waals surface area contributed by atoms with E-state index in [-0.39, 0.29) is 11.6 Å². The van der Waals surface area contributed by atoms with Gasteiger partial charge in [-0.2, -0.15) is 0 Å². The van der Waals surface area contributed by atoms with Gasteiger partial charge in [0.1, 0.15) is 11.4 Å². The zero-order valence-corrected chi connectivity index (χ0v) is 10.5. The summed E-state index contributed by atoms with van der Waals surface area (Å²) in [7, 11) is 2.16. The number of likely N-dealkylation sites (tertiary alicyclic amines) is 1. The Kier molecular flexibility index (Phi) is 2.73. The summed E-state index contributed by atoms with van der Waals surface area (Å²) in [5.41, 5.74) is 1.15. The van der Waals surface area contributed by atoms with Crippen LogP contribution < -0.4 is 5.32 Å². The maximum absolute atomic E-state index is 6.13. The molecule has 2 fully saturated rings. The first-order chi connectivity index (χ1) is 8.20. The maximum Gasteiger partial charge on any atom is 0.102 e. The van der Waals surface area contributed by atoms with E-state index in [1.165, 1.54) is 5.56 Å². The molecule has 0 saturated carbocycles. The summed E-state index contributed by atoms with van der Waals surface area (Å²) in [6.07, 6.45) is 2.95. The van der Waals surface area contributed by atoms with Gasteiger partial charge in [-0.3, -0.25) is 0 Å². The first-order valence-corrected chi connectivity index (χ1v) is 6.31. The Hall–Kier alpha value is -0.840. The topological polar surface area (TPSA) is 37.6 Å². The molecule has 0 bridgehead atoms. The molecule has 1 aromatic heterocycles. The molecule has 2 aliphatic heterocycles. The van der Waals surface area contributed by atoms with Crippen LogP contribution in [-0.4, -0.2) is 43.8 Å². The average molecular weight is 236 g/mol. The van der Waals surface area contributed by atoms with Crippen molar-refractivity contribution in [2.24, 2.45) is 0 Å². The Labute approximate surface area is 102 Å². The highest BCUT2D eigenvalue weighted by atomic mass is 16.5. The zero-order valence-electron chi connectivity index (χ0n) is 10.5. The van der Waals surface area contributed by atoms with Gasteiger partial charge in [-0.1, -0.05) is 0 Å². The van der Waals surface area contributed by atoms with E-state index < -0.39 is 0 Å². The molecule has 2 saturated heterocycles. The summed E-state index contributed by atoms with van der Waals surface area (Å²) >= 11 is 0. The number of likely N-dealkylation sites (N-methyl/N-ethyl adjacent to an activating group) is 1. The van der Waals surface area contributed by atoms with Crippen molar-refractivity contribution in [1.82, 2.24) is 10.2 Å². The molecule has 2 aliphatic rings. The SMILES string of the molecule is Cc1cc(C2NCCOC23CCN(C)C3)co1. The van der Waals surface area contributed by atoms with Crippen molar-refractivity contribution in [3.8, 4) is 0 Å². The normalized spacial score (nSPS) is 34.6. The van der Waals surface area contributed by atoms with Crippen LogP contribution in [0.25, 0.3) is 0 Å². The van der Waals surface area contributed by atoms with Crippen LogP contribution >= 0.6 is 0 Å². The maximum atomic E-state index is 6.13. The molecule has 2 atom stereocenters. The second-order valence-corrected chi connectivity index (χ2v) is 5.28. The van der Waals surface area contributed by atoms with E-state index in [2.05, 4.69) is 23.3 Å². The van der Waals surface area contributed by atoms with Gasteiger partial charge in [0, 0.05) is 25.2 Å². The molecule has 4 nitrogen and oxygen atoms in total. The van der Waals surface area contributed by atoms with Gasteiger partial charge in [0.05, 0.1) is 18.9 Å². The molecule has 3 rings (SSSR count). The van der Waals surface area contributed by atoms with E-state index in [0.717, 1.165) is 38.4 Å². The van der Waals surface area contributed by atoms with Gasteiger partial charge < -0.3 is 19.4 Å². The summed E-state index contributed by atoms with van der Waals surface area (Å²) < 4.78 is 11.6. The van der Waals surface area contributed by atoms with Gasteiger partial charge in [-0.15, -0.1) is 0 Å². The highest BCUT2D eigenvalue weighted by Gasteiger charge is 2.47. The molecule has 3 heterocycles. The average Bonchev–Trinajstić information content (AvgIpc) is 2.88. The van der Waals surface area contributed by atoms with E-state index in [9.17, 15) is 0 Å². The summed E-state index contributed by atoms with van der Waals surface area (Å²) in [5.74, 6) is 0.967. The lowest BCUT2D eigenvalue weighted by atomic mass is 9.87. The molecule has 94 valence electrons. The smallest absolute Gasteiger partial charge is 0.102 e. The fraction of sp³-hybridized carbons (Fsp3) is 0.692. The second-order valence-electron chi connectivity index (χ2n) is 5.28. The number of ether oxygens (including phenoxy) is 1. The van der Waals surface area contributed by atoms with Crippen LogP contribution in [0.3, 0.4) is 0 Å². The summed E-state index contributed by atoms with van der Waals surface area (Å²) in [6.45, 7) is 5.81. The van der Waals surface area contributed by atoms with Gasteiger partial charge in [0.2, 0.25) is 0 Å². The van der Waals surface area contributed by atoms with Crippen molar-refractivity contribution in [3.05, 3.63) is 23.7 Å². The van der Waals surface area contributed by atoms with Gasteiger partial charge in [0.25, 0.3) is 0 Å². The van der Waals surface area contributed by atoms with Gasteiger partial charge in [-0.05, 0) is 26.5 Å². The fourth-order valence-electron chi connectivity index (χ4n) is 3.11. The van der Waals surface area contributed by atoms with Crippen molar-refractivity contribution in [3.63, 3.8) is 0 Å². The quantitative estimate of drug-likeness (QED) is 0.798. The Morgan fingerprint density at radius 1 is 1.53 bits per heavy atom. The minimum atomic E-state index is -0.0662. The Bertz CT molecular complexity index is 400. The van der Waals surface area contributed by atoms with Gasteiger partial charge in [-0.25, -0.2) is 0 Å². The largest absolute Gasteiger partial charge is 0.469 e. The molecule has 1 aromatic rings. The lowest BCUT2D eigenvalue weighted by Crippen LogP contribution is -2.53. The minimum Gasteiger partial charge on any atom is -0.469 e. The van der Waals surface area contributed by atoms with Crippen LogP contribution in [0.4, 0.5) is 0 Å². The standard InChI is InChI=1S/C13H20N2O2/c1-10-7-11(8-16-10)12-13(17-6-4-14-12)3-5-15(2)9-13/h7-8,12,14H,3-6,9H2,1-2H3. The minimum absolute atomic E-state index is 0.0662. The molecule has 1 N–H and O–H groups in total. The lowest BCUT2D eigenvalue weighted by Gasteiger charge is -2.41. The fourth-order valence-corrected chi connectivity index (χ4v) is 3.11. The highest BCUT2D eigenvalue weighted by molar-refractivity contribution is 5.22. The highest BCUT2D eigenvalue weighted by Crippen LogP contribution is 2.39. The molecule has 0 radical (unpaired) electrons. The van der Waals surface area contributed by atoms with Crippen LogP contribution in [0, 0.1) is 6.92 Å². The molecule has 4 heteroatoms. The second kappa shape index (κ2) is 4.12. The molecule has 17 heavy (non-hydrogen) atoms. The first-order valence-electron chi connectivity index (χ1n) is 6.31. The van der Waals surface area contributed by atoms with Crippen LogP contribution in [0.5, 0.6) is 0 Å². The number of nitrogens with zero attached hydrogens (tertiary/aromatic N) is 1. The van der Waals surface area contributed by atoms with E-state index in [1.807, 2.05) is 13.2 Å². The number of rotatable bonds is 1. The Morgan fingerprint density at radius 3 is 3.06 bits per heavy atom. The van der Waals surface area contributed by atoms with Crippen molar-refractivity contribution >= 4 is 0 Å². The number of morpholine rings is 1. The van der Waals surface area contributed by atoms with Crippen LogP contribution in [0.2, 0.25) is 0 Å². The van der Waals surface area contributed by atoms with Crippen molar-refractivity contribution in [1.29, 1.82) is 0 Å². The van der Waals surface area contributed by atoms with Gasteiger partial charge in [0.15, 0.2) is 0 Å². The lowest BCUT2D eigenvalue weighted by molar-refractivity contribution is -0.0890. The van der Waals surface area contributed by atoms with Crippen LogP contribution in [0.1, 0.15) is 23.8 Å². The van der Waals surface area contributed by atoms with Gasteiger partial charge >= 0.3 is 0 Å². The van der Waals surface area contributed by atoms with Crippen LogP contribution in [-0.2, 0) is 4.74 Å². The third-order valence-electron chi connectivity index (χ3n) is 3.90. The van der Waals surface area contributed by atoms with Crippen molar-refractivity contribution < 1.29 is 9.15 Å². The molecule has 0 amide bonds. The van der Waals surface area contributed by atoms with E-state index in [1.54, 1.807) is 0 Å². The van der Waals surface area contributed by atoms with Crippen LogP contribution in [0.15, 0.2) is 16.7 Å². The van der Waals surface area contributed by atoms with Crippen molar-refractivity contribution in [2.45, 2.75) is 25.0 Å². The predicted octanol–water partition coefficient (Wildman–Crippen LogP) is 1.32. The zero-order chi connectivity index (χ0) is 11.9. The third kappa shape index (κ3) is 1.90. The molecule has 1 spiro atoms. The molecular weight excluding hydrogens is 216 g/mol. The number of nitrogens with one attached hydrogen (secondary N) is 1. The first kappa shape index (κ1) is 11.3. The monoisotopic (exact) mass is 236 g/mol. The molecule has 0 aromatic carbocycles. The number of furan rings is 1. The van der Waals surface area contributed by atoms with E-state index in [0.29, 0.717) is 0 Å². The molecular formula is C13H20N2O2. The number of aryl methyl sites for hydroxylation is 1.